The van der Waals surface area contributed by atoms with E-state index in [1.807, 2.05) is 0 Å². The smallest absolute Gasteiger partial charge is 0.547 e. The van der Waals surface area contributed by atoms with Crippen molar-refractivity contribution in [1.29, 1.82) is 0 Å². The molecule has 0 bridgehead atoms. The Morgan fingerprint density at radius 3 is 1.06 bits per heavy atom. The van der Waals surface area contributed by atoms with Gasteiger partial charge in [0.15, 0.2) is 0 Å². The Morgan fingerprint density at radius 2 is 0.935 bits per heavy atom. The predicted molar refractivity (Wildman–Crippen MR) is 90.7 cm³/mol. The molecule has 14 nitrogen and oxygen atoms in total. The van der Waals surface area contributed by atoms with Crippen LogP contribution in [0.3, 0.4) is 0 Å². The van der Waals surface area contributed by atoms with Crippen molar-refractivity contribution in [3.63, 3.8) is 0 Å². The summed E-state index contributed by atoms with van der Waals surface area (Å²) in [5.74, 6) is -3.91. The molecule has 0 aliphatic heterocycles. The third-order valence-electron chi connectivity index (χ3n) is 4.57. The molecule has 0 spiro atoms. The molecule has 0 aromatic carbocycles. The first-order valence-corrected chi connectivity index (χ1v) is 8.79. The summed E-state index contributed by atoms with van der Waals surface area (Å²) >= 11 is 0. The van der Waals surface area contributed by atoms with E-state index in [1.165, 1.54) is 13.8 Å². The fourth-order valence-corrected chi connectivity index (χ4v) is 2.15. The molecule has 8 atom stereocenters. The van der Waals surface area contributed by atoms with E-state index in [9.17, 15) is 50.4 Å². The topological polar surface area (TPSA) is 283 Å². The minimum atomic E-state index is -2.66. The third kappa shape index (κ3) is 8.90. The number of hydrogen-bond acceptors (Lipinski definition) is 14. The summed E-state index contributed by atoms with van der Waals surface area (Å²) in [7, 11) is 0. The van der Waals surface area contributed by atoms with Gasteiger partial charge in [0.05, 0.1) is 25.2 Å². The van der Waals surface area contributed by atoms with Crippen molar-refractivity contribution in [3.8, 4) is 0 Å². The number of carbonyl (C=O) groups is 2. The van der Waals surface area contributed by atoms with Crippen LogP contribution in [-0.4, -0.2) is 124 Å². The first-order chi connectivity index (χ1) is 13.6. The maximum Gasteiger partial charge on any atom is 2.00 e. The van der Waals surface area contributed by atoms with Gasteiger partial charge in [-0.05, 0) is 12.8 Å². The SMILES string of the molecule is CCC(O)(C(=O)[O-])C(O)C(O)C(O)CO.CCC(O)(C(=O)[O-])C(O)C(O)C(O)CO.[Zn+2]. The number of hydrogen-bond donors (Lipinski definition) is 10. The Hall–Kier alpha value is -0.837. The Kier molecular flexibility index (Phi) is 16.9. The molecule has 0 rings (SSSR count). The van der Waals surface area contributed by atoms with Gasteiger partial charge in [0, 0.05) is 0 Å². The van der Waals surface area contributed by atoms with Gasteiger partial charge in [0.25, 0.3) is 0 Å². The molecule has 0 aromatic rings. The van der Waals surface area contributed by atoms with Gasteiger partial charge in [-0.3, -0.25) is 0 Å². The van der Waals surface area contributed by atoms with Gasteiger partial charge in [-0.25, -0.2) is 0 Å². The Labute approximate surface area is 190 Å². The zero-order valence-electron chi connectivity index (χ0n) is 17.1. The molecule has 8 unspecified atom stereocenters. The van der Waals surface area contributed by atoms with Crippen molar-refractivity contribution in [2.45, 2.75) is 74.5 Å². The van der Waals surface area contributed by atoms with Crippen molar-refractivity contribution in [2.75, 3.05) is 13.2 Å². The van der Waals surface area contributed by atoms with Crippen LogP contribution in [0.1, 0.15) is 26.7 Å². The third-order valence-corrected chi connectivity index (χ3v) is 4.57. The van der Waals surface area contributed by atoms with E-state index >= 15 is 0 Å². The van der Waals surface area contributed by atoms with E-state index in [-0.39, 0.29) is 19.5 Å². The molecule has 0 aliphatic carbocycles. The van der Waals surface area contributed by atoms with Crippen LogP contribution in [0.25, 0.3) is 0 Å². The van der Waals surface area contributed by atoms with E-state index < -0.39 is 85.8 Å². The number of rotatable bonds is 12. The van der Waals surface area contributed by atoms with E-state index in [1.54, 1.807) is 0 Å². The number of carbonyl (C=O) groups excluding carboxylic acids is 2. The normalized spacial score (nSPS) is 20.8. The maximum atomic E-state index is 10.5. The second kappa shape index (κ2) is 15.1. The average molecular weight is 512 g/mol. The van der Waals surface area contributed by atoms with E-state index in [4.69, 9.17) is 20.4 Å². The van der Waals surface area contributed by atoms with Crippen LogP contribution < -0.4 is 10.2 Å². The van der Waals surface area contributed by atoms with Crippen LogP contribution in [0.4, 0.5) is 0 Å². The van der Waals surface area contributed by atoms with E-state index in [0.29, 0.717) is 0 Å². The van der Waals surface area contributed by atoms with Crippen molar-refractivity contribution >= 4 is 11.9 Å². The molecule has 180 valence electrons. The molecule has 0 amide bonds. The summed E-state index contributed by atoms with van der Waals surface area (Å²) in [5.41, 5.74) is -5.31. The quantitative estimate of drug-likeness (QED) is 0.109. The summed E-state index contributed by atoms with van der Waals surface area (Å²) in [4.78, 5) is 21.1. The molecule has 31 heavy (non-hydrogen) atoms. The number of aliphatic hydroxyl groups is 10. The molecule has 0 heterocycles. The number of aliphatic hydroxyl groups excluding tert-OH is 8. The first-order valence-electron chi connectivity index (χ1n) is 8.79. The van der Waals surface area contributed by atoms with Gasteiger partial charge in [-0.2, -0.15) is 0 Å². The van der Waals surface area contributed by atoms with Crippen LogP contribution >= 0.6 is 0 Å². The van der Waals surface area contributed by atoms with Gasteiger partial charge < -0.3 is 70.9 Å². The second-order valence-electron chi connectivity index (χ2n) is 6.50. The van der Waals surface area contributed by atoms with Crippen LogP contribution in [0.2, 0.25) is 0 Å². The van der Waals surface area contributed by atoms with E-state index in [0.717, 1.165) is 0 Å². The Morgan fingerprint density at radius 1 is 0.710 bits per heavy atom. The molecule has 10 N–H and O–H groups in total. The number of aliphatic carboxylic acids is 2. The Bertz CT molecular complexity index is 490. The number of carboxylic acid groups (broad SMARTS) is 2. The van der Waals surface area contributed by atoms with Gasteiger partial charge in [0.2, 0.25) is 0 Å². The second-order valence-corrected chi connectivity index (χ2v) is 6.50. The van der Waals surface area contributed by atoms with Gasteiger partial charge in [0.1, 0.15) is 47.8 Å². The average Bonchev–Trinajstić information content (AvgIpc) is 2.74. The number of carboxylic acids is 2. The monoisotopic (exact) mass is 510 g/mol. The summed E-state index contributed by atoms with van der Waals surface area (Å²) in [5, 5.41) is 112. The van der Waals surface area contributed by atoms with Crippen molar-refractivity contribution in [3.05, 3.63) is 0 Å². The van der Waals surface area contributed by atoms with Crippen LogP contribution in [0, 0.1) is 0 Å². The van der Waals surface area contributed by atoms with Crippen molar-refractivity contribution in [2.24, 2.45) is 0 Å². The molecular weight excluding hydrogens is 482 g/mol. The molecule has 0 saturated carbocycles. The molecule has 0 saturated heterocycles. The van der Waals surface area contributed by atoms with Crippen LogP contribution in [0.5, 0.6) is 0 Å². The first kappa shape index (κ1) is 34.8. The summed E-state index contributed by atoms with van der Waals surface area (Å²) in [6, 6.07) is 0. The zero-order valence-corrected chi connectivity index (χ0v) is 20.1. The summed E-state index contributed by atoms with van der Waals surface area (Å²) in [6.45, 7) is 0.782. The van der Waals surface area contributed by atoms with Gasteiger partial charge in [-0.15, -0.1) is 0 Å². The van der Waals surface area contributed by atoms with E-state index in [2.05, 4.69) is 0 Å². The van der Waals surface area contributed by atoms with Crippen molar-refractivity contribution in [1.82, 2.24) is 0 Å². The summed E-state index contributed by atoms with van der Waals surface area (Å²) in [6.07, 6.45) is -12.5. The maximum absolute atomic E-state index is 10.5. The fraction of sp³-hybridized carbons (Fsp3) is 0.875. The molecule has 0 aliphatic rings. The molecular formula is C16H30O14Zn. The fourth-order valence-electron chi connectivity index (χ4n) is 2.15. The molecule has 0 radical (unpaired) electrons. The van der Waals surface area contributed by atoms with Crippen molar-refractivity contribution < 1.29 is 90.3 Å². The zero-order chi connectivity index (χ0) is 24.4. The Balaban J connectivity index is -0.000000490. The largest absolute Gasteiger partial charge is 2.00 e. The molecule has 0 fully saturated rings. The van der Waals surface area contributed by atoms with Crippen LogP contribution in [-0.2, 0) is 29.1 Å². The molecule has 15 heteroatoms. The van der Waals surface area contributed by atoms with Crippen LogP contribution in [0.15, 0.2) is 0 Å². The van der Waals surface area contributed by atoms with Gasteiger partial charge >= 0.3 is 19.5 Å². The predicted octanol–water partition coefficient (Wildman–Crippen LogP) is -8.10. The summed E-state index contributed by atoms with van der Waals surface area (Å²) < 4.78 is 0. The van der Waals surface area contributed by atoms with Gasteiger partial charge in [-0.1, -0.05) is 13.8 Å². The minimum absolute atomic E-state index is 0. The standard InChI is InChI=1S/2C8H16O7.Zn/c2*1-2-8(15,7(13)14)6(12)5(11)4(10)3-9;/h2*4-6,9-12,15H,2-3H2,1H3,(H,13,14);/q;;+2/p-2. The minimum Gasteiger partial charge on any atom is -0.547 e. The molecule has 0 aromatic heterocycles.